The van der Waals surface area contributed by atoms with Crippen molar-refractivity contribution in [1.82, 2.24) is 0 Å². The number of nitro groups is 2. The molecule has 9 heteroatoms. The van der Waals surface area contributed by atoms with Crippen molar-refractivity contribution in [3.63, 3.8) is 0 Å². The summed E-state index contributed by atoms with van der Waals surface area (Å²) in [5.74, 6) is -2.35. The number of aromatic hydroxyl groups is 1. The molecule has 0 atom stereocenters. The number of benzene rings is 2. The lowest BCUT2D eigenvalue weighted by Crippen LogP contribution is -2.08. The summed E-state index contributed by atoms with van der Waals surface area (Å²) in [6.45, 7) is 2.12. The van der Waals surface area contributed by atoms with Gasteiger partial charge in [0.15, 0.2) is 5.78 Å². The summed E-state index contributed by atoms with van der Waals surface area (Å²) in [4.78, 5) is 33.9. The largest absolute Gasteiger partial charge is 0.501 e. The van der Waals surface area contributed by atoms with Gasteiger partial charge in [0, 0.05) is 11.6 Å². The first-order valence-electron chi connectivity index (χ1n) is 9.79. The van der Waals surface area contributed by atoms with Gasteiger partial charge in [-0.05, 0) is 6.42 Å². The van der Waals surface area contributed by atoms with Crippen molar-refractivity contribution in [2.45, 2.75) is 45.4 Å². The number of nitro benzene ring substituents is 2. The predicted octanol–water partition coefficient (Wildman–Crippen LogP) is 5.18. The standard InChI is InChI=1S/C21H24N2O7/c1-2-3-4-5-6-10-13-30-21-17(22(26)27)14-16(20(25)18(21)23(28)29)19(24)15-11-8-7-9-12-15/h7-9,11-12,14,25H,2-6,10,13H2,1H3. The second kappa shape index (κ2) is 10.9. The van der Waals surface area contributed by atoms with Gasteiger partial charge in [-0.15, -0.1) is 0 Å². The average molecular weight is 416 g/mol. The van der Waals surface area contributed by atoms with E-state index in [0.29, 0.717) is 6.42 Å². The summed E-state index contributed by atoms with van der Waals surface area (Å²) in [5, 5.41) is 33.5. The van der Waals surface area contributed by atoms with Gasteiger partial charge >= 0.3 is 11.4 Å². The molecule has 0 saturated carbocycles. The van der Waals surface area contributed by atoms with Crippen molar-refractivity contribution in [3.05, 3.63) is 67.8 Å². The van der Waals surface area contributed by atoms with Gasteiger partial charge in [0.2, 0.25) is 5.75 Å². The van der Waals surface area contributed by atoms with E-state index in [9.17, 15) is 30.1 Å². The minimum atomic E-state index is -0.977. The Morgan fingerprint density at radius 2 is 1.63 bits per heavy atom. The highest BCUT2D eigenvalue weighted by Gasteiger charge is 2.36. The van der Waals surface area contributed by atoms with Crippen LogP contribution in [0.4, 0.5) is 11.4 Å². The van der Waals surface area contributed by atoms with Gasteiger partial charge in [-0.2, -0.15) is 0 Å². The van der Waals surface area contributed by atoms with Crippen molar-refractivity contribution in [2.24, 2.45) is 0 Å². The number of hydrogen-bond acceptors (Lipinski definition) is 7. The molecule has 0 amide bonds. The highest BCUT2D eigenvalue weighted by Crippen LogP contribution is 2.46. The molecule has 0 aliphatic carbocycles. The first-order valence-corrected chi connectivity index (χ1v) is 9.79. The molecule has 160 valence electrons. The number of nitrogens with zero attached hydrogens (tertiary/aromatic N) is 2. The third kappa shape index (κ3) is 5.53. The van der Waals surface area contributed by atoms with E-state index < -0.39 is 44.1 Å². The topological polar surface area (TPSA) is 133 Å². The molecular weight excluding hydrogens is 392 g/mol. The molecule has 1 N–H and O–H groups in total. The molecule has 0 bridgehead atoms. The molecule has 0 spiro atoms. The molecule has 0 heterocycles. The van der Waals surface area contributed by atoms with Crippen LogP contribution in [0.2, 0.25) is 0 Å². The first-order chi connectivity index (χ1) is 14.4. The van der Waals surface area contributed by atoms with E-state index in [1.54, 1.807) is 18.2 Å². The summed E-state index contributed by atoms with van der Waals surface area (Å²) in [6, 6.07) is 8.54. The van der Waals surface area contributed by atoms with Crippen LogP contribution in [0.15, 0.2) is 36.4 Å². The molecule has 2 aromatic carbocycles. The van der Waals surface area contributed by atoms with Crippen LogP contribution < -0.4 is 4.74 Å². The Kier molecular flexibility index (Phi) is 8.28. The van der Waals surface area contributed by atoms with Gasteiger partial charge in [-0.25, -0.2) is 0 Å². The van der Waals surface area contributed by atoms with Crippen LogP contribution in [0.3, 0.4) is 0 Å². The molecule has 9 nitrogen and oxygen atoms in total. The average Bonchev–Trinajstić information content (AvgIpc) is 2.72. The Balaban J connectivity index is 2.35. The fourth-order valence-electron chi connectivity index (χ4n) is 3.05. The SMILES string of the molecule is CCCCCCCCOc1c([N+](=O)[O-])cc(C(=O)c2ccccc2)c(O)c1[N+](=O)[O-]. The summed E-state index contributed by atoms with van der Waals surface area (Å²) < 4.78 is 5.36. The Morgan fingerprint density at radius 3 is 2.23 bits per heavy atom. The zero-order valence-electron chi connectivity index (χ0n) is 16.7. The van der Waals surface area contributed by atoms with Crippen molar-refractivity contribution in [1.29, 1.82) is 0 Å². The maximum absolute atomic E-state index is 12.7. The van der Waals surface area contributed by atoms with Gasteiger partial charge in [-0.3, -0.25) is 25.0 Å². The summed E-state index contributed by atoms with van der Waals surface area (Å²) in [6.07, 6.45) is 5.62. The number of ketones is 1. The molecule has 0 radical (unpaired) electrons. The molecule has 30 heavy (non-hydrogen) atoms. The first kappa shape index (κ1) is 22.8. The van der Waals surface area contributed by atoms with E-state index in [0.717, 1.165) is 38.2 Å². The Morgan fingerprint density at radius 1 is 1.00 bits per heavy atom. The van der Waals surface area contributed by atoms with Crippen LogP contribution in [0.25, 0.3) is 0 Å². The van der Waals surface area contributed by atoms with Crippen LogP contribution in [-0.2, 0) is 0 Å². The minimum Gasteiger partial charge on any atom is -0.501 e. The lowest BCUT2D eigenvalue weighted by Gasteiger charge is -2.11. The number of unbranched alkanes of at least 4 members (excludes halogenated alkanes) is 5. The second-order valence-corrected chi connectivity index (χ2v) is 6.80. The number of phenols is 1. The Labute approximate surface area is 173 Å². The molecule has 0 aliphatic heterocycles. The predicted molar refractivity (Wildman–Crippen MR) is 110 cm³/mol. The maximum Gasteiger partial charge on any atom is 0.360 e. The minimum absolute atomic E-state index is 0.0270. The van der Waals surface area contributed by atoms with Crippen LogP contribution in [0.5, 0.6) is 11.5 Å². The molecule has 0 aromatic heterocycles. The molecule has 2 aromatic rings. The summed E-state index contributed by atoms with van der Waals surface area (Å²) in [5.41, 5.74) is -2.09. The number of rotatable bonds is 12. The third-order valence-corrected chi connectivity index (χ3v) is 4.61. The number of carbonyl (C=O) groups is 1. The van der Waals surface area contributed by atoms with Gasteiger partial charge in [0.05, 0.1) is 22.0 Å². The van der Waals surface area contributed by atoms with Crippen LogP contribution in [0, 0.1) is 20.2 Å². The molecule has 0 unspecified atom stereocenters. The monoisotopic (exact) mass is 416 g/mol. The lowest BCUT2D eigenvalue weighted by atomic mass is 10.0. The van der Waals surface area contributed by atoms with Gasteiger partial charge in [0.1, 0.15) is 0 Å². The van der Waals surface area contributed by atoms with E-state index in [4.69, 9.17) is 4.74 Å². The Hall–Kier alpha value is -3.49. The fourth-order valence-corrected chi connectivity index (χ4v) is 3.05. The fraction of sp³-hybridized carbons (Fsp3) is 0.381. The molecule has 0 fully saturated rings. The molecule has 2 rings (SSSR count). The van der Waals surface area contributed by atoms with Crippen molar-refractivity contribution < 1.29 is 24.5 Å². The molecule has 0 saturated heterocycles. The van der Waals surface area contributed by atoms with Gasteiger partial charge in [-0.1, -0.05) is 69.4 Å². The zero-order valence-corrected chi connectivity index (χ0v) is 16.7. The van der Waals surface area contributed by atoms with Crippen LogP contribution >= 0.6 is 0 Å². The normalized spacial score (nSPS) is 10.6. The zero-order chi connectivity index (χ0) is 22.1. The second-order valence-electron chi connectivity index (χ2n) is 6.80. The van der Waals surface area contributed by atoms with E-state index in [-0.39, 0.29) is 12.2 Å². The van der Waals surface area contributed by atoms with E-state index in [1.807, 2.05) is 0 Å². The number of ether oxygens (including phenoxy) is 1. The highest BCUT2D eigenvalue weighted by atomic mass is 16.6. The van der Waals surface area contributed by atoms with Gasteiger partial charge < -0.3 is 9.84 Å². The van der Waals surface area contributed by atoms with Crippen molar-refractivity contribution in [2.75, 3.05) is 6.61 Å². The van der Waals surface area contributed by atoms with Crippen LogP contribution in [0.1, 0.15) is 61.4 Å². The number of carbonyl (C=O) groups excluding carboxylic acids is 1. The van der Waals surface area contributed by atoms with Crippen molar-refractivity contribution in [3.8, 4) is 11.5 Å². The van der Waals surface area contributed by atoms with Crippen molar-refractivity contribution >= 4 is 17.2 Å². The summed E-state index contributed by atoms with van der Waals surface area (Å²) in [7, 11) is 0. The number of phenolic OH excluding ortho intramolecular Hbond substituents is 1. The Bertz CT molecular complexity index is 913. The van der Waals surface area contributed by atoms with Gasteiger partial charge in [0.25, 0.3) is 5.75 Å². The molecule has 0 aliphatic rings. The number of hydrogen-bond donors (Lipinski definition) is 1. The summed E-state index contributed by atoms with van der Waals surface area (Å²) >= 11 is 0. The van der Waals surface area contributed by atoms with E-state index in [2.05, 4.69) is 6.92 Å². The maximum atomic E-state index is 12.7. The van der Waals surface area contributed by atoms with E-state index in [1.165, 1.54) is 12.1 Å². The quantitative estimate of drug-likeness (QED) is 0.218. The highest BCUT2D eigenvalue weighted by molar-refractivity contribution is 6.12. The lowest BCUT2D eigenvalue weighted by molar-refractivity contribution is -0.396. The molecular formula is C21H24N2O7. The van der Waals surface area contributed by atoms with Crippen LogP contribution in [-0.4, -0.2) is 27.3 Å². The third-order valence-electron chi connectivity index (χ3n) is 4.61. The van der Waals surface area contributed by atoms with E-state index >= 15 is 0 Å². The smallest absolute Gasteiger partial charge is 0.360 e.